The van der Waals surface area contributed by atoms with Crippen LogP contribution in [0, 0.1) is 0 Å². The van der Waals surface area contributed by atoms with Gasteiger partial charge in [0.25, 0.3) is 0 Å². The molecule has 1 fully saturated rings. The summed E-state index contributed by atoms with van der Waals surface area (Å²) in [5.41, 5.74) is 2.53. The van der Waals surface area contributed by atoms with Crippen LogP contribution in [0.15, 0.2) is 30.3 Å². The van der Waals surface area contributed by atoms with Crippen LogP contribution in [-0.4, -0.2) is 36.6 Å². The highest BCUT2D eigenvalue weighted by atomic mass is 15.2. The lowest BCUT2D eigenvalue weighted by atomic mass is 10.1. The van der Waals surface area contributed by atoms with Crippen molar-refractivity contribution in [3.8, 4) is 0 Å². The lowest BCUT2D eigenvalue weighted by Crippen LogP contribution is -2.43. The fourth-order valence-electron chi connectivity index (χ4n) is 2.39. The molecule has 1 aromatic carbocycles. The van der Waals surface area contributed by atoms with E-state index in [4.69, 9.17) is 0 Å². The van der Waals surface area contributed by atoms with Gasteiger partial charge in [0, 0.05) is 30.8 Å². The van der Waals surface area contributed by atoms with Crippen molar-refractivity contribution in [2.75, 3.05) is 26.7 Å². The summed E-state index contributed by atoms with van der Waals surface area (Å²) in [4.78, 5) is 5.86. The topological polar surface area (TPSA) is 31.1 Å². The zero-order valence-corrected chi connectivity index (χ0v) is 9.53. The van der Waals surface area contributed by atoms with Crippen molar-refractivity contribution in [1.29, 1.82) is 0 Å². The van der Waals surface area contributed by atoms with Gasteiger partial charge in [0.15, 0.2) is 0 Å². The standard InChI is InChI=1S/C13H17N3/c1-16-7-6-14-13(9-16)12-8-10-4-2-3-5-11(10)15-12/h2-5,8,13-15H,6-7,9H2,1H3. The number of benzene rings is 1. The van der Waals surface area contributed by atoms with Crippen LogP contribution in [0.5, 0.6) is 0 Å². The van der Waals surface area contributed by atoms with E-state index in [1.165, 1.54) is 16.6 Å². The zero-order valence-electron chi connectivity index (χ0n) is 9.53. The molecule has 3 nitrogen and oxygen atoms in total. The Morgan fingerprint density at radius 1 is 1.31 bits per heavy atom. The number of aromatic nitrogens is 1. The Morgan fingerprint density at radius 3 is 3.00 bits per heavy atom. The van der Waals surface area contributed by atoms with Crippen molar-refractivity contribution < 1.29 is 0 Å². The summed E-state index contributed by atoms with van der Waals surface area (Å²) < 4.78 is 0. The molecule has 84 valence electrons. The van der Waals surface area contributed by atoms with Gasteiger partial charge in [-0.3, -0.25) is 0 Å². The average Bonchev–Trinajstić information content (AvgIpc) is 2.72. The maximum absolute atomic E-state index is 3.55. The van der Waals surface area contributed by atoms with Crippen LogP contribution >= 0.6 is 0 Å². The largest absolute Gasteiger partial charge is 0.357 e. The first-order valence-corrected chi connectivity index (χ1v) is 5.82. The molecule has 0 aliphatic carbocycles. The summed E-state index contributed by atoms with van der Waals surface area (Å²) in [6, 6.07) is 11.1. The number of fused-ring (bicyclic) bond motifs is 1. The third-order valence-corrected chi connectivity index (χ3v) is 3.30. The van der Waals surface area contributed by atoms with Crippen LogP contribution in [0.2, 0.25) is 0 Å². The normalized spacial score (nSPS) is 22.7. The second-order valence-corrected chi connectivity index (χ2v) is 4.58. The Labute approximate surface area is 95.5 Å². The monoisotopic (exact) mass is 215 g/mol. The molecule has 3 rings (SSSR count). The summed E-state index contributed by atoms with van der Waals surface area (Å²) in [5, 5.41) is 4.85. The third-order valence-electron chi connectivity index (χ3n) is 3.30. The van der Waals surface area contributed by atoms with E-state index in [0.29, 0.717) is 6.04 Å². The maximum Gasteiger partial charge on any atom is 0.0602 e. The zero-order chi connectivity index (χ0) is 11.0. The molecule has 0 radical (unpaired) electrons. The van der Waals surface area contributed by atoms with Crippen LogP contribution in [0.1, 0.15) is 11.7 Å². The van der Waals surface area contributed by atoms with Gasteiger partial charge in [-0.1, -0.05) is 18.2 Å². The highest BCUT2D eigenvalue weighted by Gasteiger charge is 2.19. The van der Waals surface area contributed by atoms with E-state index in [0.717, 1.165) is 19.6 Å². The molecule has 1 saturated heterocycles. The van der Waals surface area contributed by atoms with E-state index in [9.17, 15) is 0 Å². The number of hydrogen-bond acceptors (Lipinski definition) is 2. The number of likely N-dealkylation sites (N-methyl/N-ethyl adjacent to an activating group) is 1. The molecular weight excluding hydrogens is 198 g/mol. The van der Waals surface area contributed by atoms with Crippen LogP contribution in [0.4, 0.5) is 0 Å². The Kier molecular flexibility index (Phi) is 2.42. The van der Waals surface area contributed by atoms with E-state index in [-0.39, 0.29) is 0 Å². The molecule has 1 aliphatic rings. The molecule has 2 heterocycles. The highest BCUT2D eigenvalue weighted by molar-refractivity contribution is 5.80. The van der Waals surface area contributed by atoms with Gasteiger partial charge >= 0.3 is 0 Å². The van der Waals surface area contributed by atoms with Gasteiger partial charge in [0.05, 0.1) is 6.04 Å². The molecule has 16 heavy (non-hydrogen) atoms. The number of aromatic amines is 1. The maximum atomic E-state index is 3.55. The van der Waals surface area contributed by atoms with E-state index in [1.54, 1.807) is 0 Å². The van der Waals surface area contributed by atoms with Crippen molar-refractivity contribution in [3.05, 3.63) is 36.0 Å². The summed E-state index contributed by atoms with van der Waals surface area (Å²) >= 11 is 0. The molecule has 0 spiro atoms. The molecule has 0 amide bonds. The first kappa shape index (κ1) is 9.87. The van der Waals surface area contributed by atoms with Crippen molar-refractivity contribution in [1.82, 2.24) is 15.2 Å². The predicted octanol–water partition coefficient (Wildman–Crippen LogP) is 1.74. The Hall–Kier alpha value is -1.32. The van der Waals surface area contributed by atoms with E-state index < -0.39 is 0 Å². The first-order chi connectivity index (χ1) is 7.83. The summed E-state index contributed by atoms with van der Waals surface area (Å²) in [6.45, 7) is 3.28. The third kappa shape index (κ3) is 1.72. The Balaban J connectivity index is 1.93. The van der Waals surface area contributed by atoms with Gasteiger partial charge < -0.3 is 15.2 Å². The van der Waals surface area contributed by atoms with Crippen molar-refractivity contribution in [3.63, 3.8) is 0 Å². The lowest BCUT2D eigenvalue weighted by molar-refractivity contribution is 0.239. The van der Waals surface area contributed by atoms with Crippen LogP contribution < -0.4 is 5.32 Å². The average molecular weight is 215 g/mol. The van der Waals surface area contributed by atoms with E-state index >= 15 is 0 Å². The first-order valence-electron chi connectivity index (χ1n) is 5.82. The fraction of sp³-hybridized carbons (Fsp3) is 0.385. The summed E-state index contributed by atoms with van der Waals surface area (Å²) in [5.74, 6) is 0. The molecule has 0 bridgehead atoms. The summed E-state index contributed by atoms with van der Waals surface area (Å²) in [7, 11) is 2.18. The smallest absolute Gasteiger partial charge is 0.0602 e. The predicted molar refractivity (Wildman–Crippen MR) is 66.5 cm³/mol. The van der Waals surface area contributed by atoms with Gasteiger partial charge in [0.2, 0.25) is 0 Å². The van der Waals surface area contributed by atoms with Crippen molar-refractivity contribution in [2.45, 2.75) is 6.04 Å². The molecule has 2 aromatic rings. The van der Waals surface area contributed by atoms with Gasteiger partial charge in [0.1, 0.15) is 0 Å². The number of nitrogens with zero attached hydrogens (tertiary/aromatic N) is 1. The van der Waals surface area contributed by atoms with Crippen LogP contribution in [0.3, 0.4) is 0 Å². The van der Waals surface area contributed by atoms with Crippen LogP contribution in [0.25, 0.3) is 10.9 Å². The minimum atomic E-state index is 0.436. The second-order valence-electron chi connectivity index (χ2n) is 4.58. The van der Waals surface area contributed by atoms with Crippen molar-refractivity contribution >= 4 is 10.9 Å². The minimum Gasteiger partial charge on any atom is -0.357 e. The molecule has 2 N–H and O–H groups in total. The van der Waals surface area contributed by atoms with Gasteiger partial charge in [-0.25, -0.2) is 0 Å². The van der Waals surface area contributed by atoms with E-state index in [2.05, 4.69) is 52.6 Å². The van der Waals surface area contributed by atoms with Crippen LogP contribution in [-0.2, 0) is 0 Å². The molecule has 3 heteroatoms. The molecule has 1 atom stereocenters. The number of hydrogen-bond donors (Lipinski definition) is 2. The Bertz CT molecular complexity index is 456. The molecule has 1 unspecified atom stereocenters. The van der Waals surface area contributed by atoms with Gasteiger partial charge in [-0.15, -0.1) is 0 Å². The van der Waals surface area contributed by atoms with Gasteiger partial charge in [-0.2, -0.15) is 0 Å². The fourth-order valence-corrected chi connectivity index (χ4v) is 2.39. The minimum absolute atomic E-state index is 0.436. The summed E-state index contributed by atoms with van der Waals surface area (Å²) in [6.07, 6.45) is 0. The molecular formula is C13H17N3. The highest BCUT2D eigenvalue weighted by Crippen LogP contribution is 2.21. The molecule has 1 aliphatic heterocycles. The number of para-hydroxylation sites is 1. The SMILES string of the molecule is CN1CCNC(c2cc3ccccc3[nH]2)C1. The molecule has 1 aromatic heterocycles. The quantitative estimate of drug-likeness (QED) is 0.759. The van der Waals surface area contributed by atoms with Gasteiger partial charge in [-0.05, 0) is 24.6 Å². The van der Waals surface area contributed by atoms with Crippen molar-refractivity contribution in [2.24, 2.45) is 0 Å². The Morgan fingerprint density at radius 2 is 2.19 bits per heavy atom. The molecule has 0 saturated carbocycles. The second kappa shape index (κ2) is 3.92. The number of nitrogens with one attached hydrogen (secondary N) is 2. The number of H-pyrrole nitrogens is 1. The lowest BCUT2D eigenvalue weighted by Gasteiger charge is -2.30. The number of piperazine rings is 1. The number of rotatable bonds is 1. The van der Waals surface area contributed by atoms with E-state index in [1.807, 2.05) is 0 Å².